The van der Waals surface area contributed by atoms with Crippen molar-refractivity contribution in [2.24, 2.45) is 4.99 Å². The van der Waals surface area contributed by atoms with Crippen LogP contribution in [0.2, 0.25) is 0 Å². The van der Waals surface area contributed by atoms with Gasteiger partial charge in [0.2, 0.25) is 0 Å². The molecule has 1 aliphatic rings. The third kappa shape index (κ3) is 4.01. The van der Waals surface area contributed by atoms with E-state index in [1.165, 1.54) is 12.0 Å². The standard InChI is InChI=1S/C18H30N4/c1-18(2,21(4)5)14-20-17(19-3)22-12-11-16(13-22)15-9-7-6-8-10-15/h6-10,16H,11-14H2,1-5H3,(H,19,20). The fourth-order valence-corrected chi connectivity index (χ4v) is 2.74. The van der Waals surface area contributed by atoms with Crippen molar-refractivity contribution in [3.05, 3.63) is 35.9 Å². The van der Waals surface area contributed by atoms with Crippen LogP contribution >= 0.6 is 0 Å². The van der Waals surface area contributed by atoms with Gasteiger partial charge in [-0.3, -0.25) is 4.99 Å². The molecule has 0 spiro atoms. The van der Waals surface area contributed by atoms with Crippen LogP contribution in [0.4, 0.5) is 0 Å². The third-order valence-electron chi connectivity index (χ3n) is 4.86. The summed E-state index contributed by atoms with van der Waals surface area (Å²) < 4.78 is 0. The highest BCUT2D eigenvalue weighted by Gasteiger charge is 2.27. The molecule has 0 bridgehead atoms. The predicted molar refractivity (Wildman–Crippen MR) is 94.5 cm³/mol. The zero-order chi connectivity index (χ0) is 16.2. The molecular formula is C18H30N4. The largest absolute Gasteiger partial charge is 0.354 e. The van der Waals surface area contributed by atoms with Gasteiger partial charge in [0, 0.05) is 38.1 Å². The number of hydrogen-bond donors (Lipinski definition) is 1. The van der Waals surface area contributed by atoms with Crippen LogP contribution in [0.25, 0.3) is 0 Å². The Kier molecular flexibility index (Phi) is 5.46. The van der Waals surface area contributed by atoms with Crippen molar-refractivity contribution in [3.8, 4) is 0 Å². The maximum absolute atomic E-state index is 4.47. The molecule has 1 saturated heterocycles. The molecule has 2 rings (SSSR count). The second-order valence-corrected chi connectivity index (χ2v) is 6.95. The summed E-state index contributed by atoms with van der Waals surface area (Å²) in [5.74, 6) is 1.63. The Labute approximate surface area is 135 Å². The summed E-state index contributed by atoms with van der Waals surface area (Å²) in [4.78, 5) is 9.09. The zero-order valence-electron chi connectivity index (χ0n) is 14.6. The first-order valence-electron chi connectivity index (χ1n) is 8.12. The number of likely N-dealkylation sites (N-methyl/N-ethyl adjacent to an activating group) is 1. The molecule has 1 aromatic rings. The Hall–Kier alpha value is -1.55. The summed E-state index contributed by atoms with van der Waals surface area (Å²) in [6.45, 7) is 7.49. The maximum atomic E-state index is 4.47. The average Bonchev–Trinajstić information content (AvgIpc) is 2.98. The maximum Gasteiger partial charge on any atom is 0.193 e. The molecule has 122 valence electrons. The molecule has 0 aromatic heterocycles. The molecule has 4 nitrogen and oxygen atoms in total. The lowest BCUT2D eigenvalue weighted by Crippen LogP contribution is -2.51. The van der Waals surface area contributed by atoms with Gasteiger partial charge in [0.1, 0.15) is 0 Å². The van der Waals surface area contributed by atoms with Crippen LogP contribution in [-0.2, 0) is 0 Å². The molecule has 0 aliphatic carbocycles. The van der Waals surface area contributed by atoms with Crippen LogP contribution in [0.1, 0.15) is 31.7 Å². The van der Waals surface area contributed by atoms with Crippen LogP contribution in [0.15, 0.2) is 35.3 Å². The minimum absolute atomic E-state index is 0.106. The van der Waals surface area contributed by atoms with E-state index in [0.717, 1.165) is 25.6 Å². The van der Waals surface area contributed by atoms with Crippen molar-refractivity contribution in [1.82, 2.24) is 15.1 Å². The Morgan fingerprint density at radius 1 is 1.32 bits per heavy atom. The van der Waals surface area contributed by atoms with Crippen molar-refractivity contribution in [3.63, 3.8) is 0 Å². The second kappa shape index (κ2) is 7.14. The number of likely N-dealkylation sites (tertiary alicyclic amines) is 1. The molecule has 4 heteroatoms. The minimum Gasteiger partial charge on any atom is -0.354 e. The van der Waals surface area contributed by atoms with E-state index in [9.17, 15) is 0 Å². The zero-order valence-corrected chi connectivity index (χ0v) is 14.6. The average molecular weight is 302 g/mol. The monoisotopic (exact) mass is 302 g/mol. The number of nitrogens with one attached hydrogen (secondary N) is 1. The molecule has 1 unspecified atom stereocenters. The molecule has 1 aromatic carbocycles. The molecule has 1 atom stereocenters. The van der Waals surface area contributed by atoms with Gasteiger partial charge in [-0.1, -0.05) is 30.3 Å². The van der Waals surface area contributed by atoms with E-state index >= 15 is 0 Å². The molecule has 0 saturated carbocycles. The quantitative estimate of drug-likeness (QED) is 0.684. The van der Waals surface area contributed by atoms with Gasteiger partial charge in [-0.05, 0) is 39.9 Å². The summed E-state index contributed by atoms with van der Waals surface area (Å²) in [5, 5.41) is 3.54. The lowest BCUT2D eigenvalue weighted by atomic mass is 9.99. The first-order valence-corrected chi connectivity index (χ1v) is 8.12. The van der Waals surface area contributed by atoms with E-state index < -0.39 is 0 Å². The Bertz CT molecular complexity index is 493. The number of benzene rings is 1. The van der Waals surface area contributed by atoms with Crippen LogP contribution in [0.3, 0.4) is 0 Å². The van der Waals surface area contributed by atoms with Crippen molar-refractivity contribution < 1.29 is 0 Å². The first kappa shape index (κ1) is 16.8. The molecule has 1 N–H and O–H groups in total. The number of rotatable bonds is 4. The Morgan fingerprint density at radius 2 is 2.00 bits per heavy atom. The topological polar surface area (TPSA) is 30.9 Å². The third-order valence-corrected chi connectivity index (χ3v) is 4.86. The molecule has 0 amide bonds. The van der Waals surface area contributed by atoms with E-state index in [2.05, 4.69) is 78.4 Å². The lowest BCUT2D eigenvalue weighted by molar-refractivity contribution is 0.196. The van der Waals surface area contributed by atoms with Gasteiger partial charge in [0.15, 0.2) is 5.96 Å². The molecule has 22 heavy (non-hydrogen) atoms. The van der Waals surface area contributed by atoms with E-state index in [1.807, 2.05) is 7.05 Å². The van der Waals surface area contributed by atoms with E-state index in [-0.39, 0.29) is 5.54 Å². The van der Waals surface area contributed by atoms with Crippen LogP contribution in [0.5, 0.6) is 0 Å². The van der Waals surface area contributed by atoms with Gasteiger partial charge >= 0.3 is 0 Å². The van der Waals surface area contributed by atoms with Crippen molar-refractivity contribution in [2.75, 3.05) is 40.8 Å². The number of aliphatic imine (C=N–C) groups is 1. The Balaban J connectivity index is 1.94. The predicted octanol–water partition coefficient (Wildman–Crippen LogP) is 2.39. The van der Waals surface area contributed by atoms with Crippen molar-refractivity contribution >= 4 is 5.96 Å². The number of hydrogen-bond acceptors (Lipinski definition) is 2. The fourth-order valence-electron chi connectivity index (χ4n) is 2.74. The fraction of sp³-hybridized carbons (Fsp3) is 0.611. The van der Waals surface area contributed by atoms with E-state index in [0.29, 0.717) is 5.92 Å². The lowest BCUT2D eigenvalue weighted by Gasteiger charge is -2.34. The van der Waals surface area contributed by atoms with Gasteiger partial charge in [0.05, 0.1) is 0 Å². The van der Waals surface area contributed by atoms with Gasteiger partial charge in [-0.25, -0.2) is 0 Å². The SMILES string of the molecule is CN=C(NCC(C)(C)N(C)C)N1CCC(c2ccccc2)C1. The summed E-state index contributed by atoms with van der Waals surface area (Å²) >= 11 is 0. The highest BCUT2D eigenvalue weighted by molar-refractivity contribution is 5.80. The van der Waals surface area contributed by atoms with Gasteiger partial charge in [-0.15, -0.1) is 0 Å². The number of nitrogens with zero attached hydrogens (tertiary/aromatic N) is 3. The van der Waals surface area contributed by atoms with Crippen LogP contribution in [-0.4, -0.2) is 62.1 Å². The number of guanidine groups is 1. The summed E-state index contributed by atoms with van der Waals surface area (Å²) in [5.41, 5.74) is 1.54. The first-order chi connectivity index (χ1) is 10.4. The smallest absolute Gasteiger partial charge is 0.193 e. The Morgan fingerprint density at radius 3 is 2.59 bits per heavy atom. The van der Waals surface area contributed by atoms with Crippen molar-refractivity contribution in [2.45, 2.75) is 31.7 Å². The van der Waals surface area contributed by atoms with Gasteiger partial charge in [-0.2, -0.15) is 0 Å². The summed E-state index contributed by atoms with van der Waals surface area (Å²) in [7, 11) is 6.11. The van der Waals surface area contributed by atoms with Crippen LogP contribution < -0.4 is 5.32 Å². The van der Waals surface area contributed by atoms with E-state index in [4.69, 9.17) is 0 Å². The normalized spacial score (nSPS) is 19.8. The van der Waals surface area contributed by atoms with E-state index in [1.54, 1.807) is 0 Å². The van der Waals surface area contributed by atoms with Crippen LogP contribution in [0, 0.1) is 0 Å². The second-order valence-electron chi connectivity index (χ2n) is 6.95. The molecular weight excluding hydrogens is 272 g/mol. The summed E-state index contributed by atoms with van der Waals surface area (Å²) in [6, 6.07) is 10.8. The summed E-state index contributed by atoms with van der Waals surface area (Å²) in [6.07, 6.45) is 1.20. The molecule has 1 aliphatic heterocycles. The molecule has 0 radical (unpaired) electrons. The highest BCUT2D eigenvalue weighted by atomic mass is 15.3. The highest BCUT2D eigenvalue weighted by Crippen LogP contribution is 2.26. The molecule has 1 heterocycles. The molecule has 1 fully saturated rings. The van der Waals surface area contributed by atoms with Gasteiger partial charge < -0.3 is 15.1 Å². The van der Waals surface area contributed by atoms with Crippen molar-refractivity contribution in [1.29, 1.82) is 0 Å². The minimum atomic E-state index is 0.106. The van der Waals surface area contributed by atoms with Gasteiger partial charge in [0.25, 0.3) is 0 Å².